The minimum Gasteiger partial charge on any atom is -0.455 e. The van der Waals surface area contributed by atoms with Crippen molar-refractivity contribution >= 4 is 49.0 Å². The number of allylic oxidation sites excluding steroid dienone is 6. The Morgan fingerprint density at radius 1 is 0.900 bits per heavy atom. The first-order valence-electron chi connectivity index (χ1n) is 10.4. The van der Waals surface area contributed by atoms with Crippen molar-refractivity contribution in [3.63, 3.8) is 0 Å². The average Bonchev–Trinajstić information content (AvgIpc) is 3.10. The summed E-state index contributed by atoms with van der Waals surface area (Å²) in [6.45, 7) is 4.68. The van der Waals surface area contributed by atoms with E-state index in [4.69, 9.17) is 4.42 Å². The van der Waals surface area contributed by atoms with Crippen LogP contribution in [0.1, 0.15) is 37.0 Å². The Kier molecular flexibility index (Phi) is 3.79. The Bertz CT molecular complexity index is 1440. The molecule has 0 unspecified atom stereocenters. The molecule has 2 aliphatic carbocycles. The topological polar surface area (TPSA) is 13.1 Å². The molecule has 30 heavy (non-hydrogen) atoms. The molecule has 0 bridgehead atoms. The van der Waals surface area contributed by atoms with Crippen molar-refractivity contribution in [1.82, 2.24) is 0 Å². The van der Waals surface area contributed by atoms with Crippen molar-refractivity contribution in [2.75, 3.05) is 0 Å². The lowest BCUT2D eigenvalue weighted by molar-refractivity contribution is 0.661. The van der Waals surface area contributed by atoms with Crippen LogP contribution in [0.25, 0.3) is 33.1 Å². The number of hydrogen-bond acceptors (Lipinski definition) is 1. The van der Waals surface area contributed by atoms with Gasteiger partial charge in [0.1, 0.15) is 11.2 Å². The Labute approximate surface area is 184 Å². The van der Waals surface area contributed by atoms with Crippen LogP contribution in [0.5, 0.6) is 0 Å². The van der Waals surface area contributed by atoms with Gasteiger partial charge in [0, 0.05) is 16.2 Å². The lowest BCUT2D eigenvalue weighted by atomic mass is 9.81. The third-order valence-corrected chi connectivity index (χ3v) is 7.22. The molecule has 0 saturated carbocycles. The molecule has 0 amide bonds. The second kappa shape index (κ2) is 6.33. The summed E-state index contributed by atoms with van der Waals surface area (Å²) < 4.78 is 7.10. The van der Waals surface area contributed by atoms with Gasteiger partial charge in [0.05, 0.1) is 4.47 Å². The van der Waals surface area contributed by atoms with E-state index in [0.717, 1.165) is 32.8 Å². The van der Waals surface area contributed by atoms with E-state index in [0.29, 0.717) is 0 Å². The highest BCUT2D eigenvalue weighted by molar-refractivity contribution is 9.10. The Morgan fingerprint density at radius 2 is 1.77 bits per heavy atom. The van der Waals surface area contributed by atoms with E-state index >= 15 is 0 Å². The van der Waals surface area contributed by atoms with Crippen LogP contribution < -0.4 is 0 Å². The van der Waals surface area contributed by atoms with Gasteiger partial charge in [-0.3, -0.25) is 0 Å². The van der Waals surface area contributed by atoms with Crippen molar-refractivity contribution in [3.8, 4) is 0 Å². The number of para-hydroxylation sites is 1. The molecule has 146 valence electrons. The number of furan rings is 1. The summed E-state index contributed by atoms with van der Waals surface area (Å²) in [5.74, 6) is 0. The first-order valence-corrected chi connectivity index (χ1v) is 11.2. The maximum atomic E-state index is 6.10. The highest BCUT2D eigenvalue weighted by atomic mass is 79.9. The van der Waals surface area contributed by atoms with Gasteiger partial charge in [0.25, 0.3) is 0 Å². The highest BCUT2D eigenvalue weighted by Crippen LogP contribution is 2.51. The molecule has 1 nitrogen and oxygen atoms in total. The van der Waals surface area contributed by atoms with Crippen LogP contribution in [0.4, 0.5) is 0 Å². The minimum atomic E-state index is 0.00313. The number of benzene rings is 3. The zero-order valence-corrected chi connectivity index (χ0v) is 18.6. The summed E-state index contributed by atoms with van der Waals surface area (Å²) in [7, 11) is 0. The summed E-state index contributed by atoms with van der Waals surface area (Å²) in [6, 6.07) is 21.6. The quantitative estimate of drug-likeness (QED) is 0.282. The van der Waals surface area contributed by atoms with Gasteiger partial charge >= 0.3 is 0 Å². The van der Waals surface area contributed by atoms with Gasteiger partial charge in [-0.15, -0.1) is 0 Å². The molecular formula is C28H21BrO. The van der Waals surface area contributed by atoms with Crippen molar-refractivity contribution < 1.29 is 4.42 Å². The smallest absolute Gasteiger partial charge is 0.149 e. The number of hydrogen-bond donors (Lipinski definition) is 0. The van der Waals surface area contributed by atoms with Crippen LogP contribution in [-0.2, 0) is 5.41 Å². The SMILES string of the molecule is CC1(C)C2=CC(c3ccc4oc5c(Br)cccc5c4c3)=CCC=C2c2ccccc21. The number of halogens is 1. The predicted molar refractivity (Wildman–Crippen MR) is 130 cm³/mol. The highest BCUT2D eigenvalue weighted by Gasteiger charge is 2.38. The van der Waals surface area contributed by atoms with E-state index < -0.39 is 0 Å². The molecule has 2 heteroatoms. The lowest BCUT2D eigenvalue weighted by Gasteiger charge is -2.22. The van der Waals surface area contributed by atoms with E-state index in [1.807, 2.05) is 6.07 Å². The van der Waals surface area contributed by atoms with Gasteiger partial charge in [-0.1, -0.05) is 68.5 Å². The molecule has 2 aliphatic rings. The molecular weight excluding hydrogens is 432 g/mol. The molecule has 0 fully saturated rings. The Hall–Kier alpha value is -2.84. The maximum Gasteiger partial charge on any atom is 0.149 e. The van der Waals surface area contributed by atoms with Crippen molar-refractivity contribution in [2.24, 2.45) is 0 Å². The van der Waals surface area contributed by atoms with Crippen LogP contribution in [0.15, 0.2) is 93.4 Å². The van der Waals surface area contributed by atoms with Crippen molar-refractivity contribution in [2.45, 2.75) is 25.7 Å². The van der Waals surface area contributed by atoms with Crippen LogP contribution in [-0.4, -0.2) is 0 Å². The third-order valence-electron chi connectivity index (χ3n) is 6.60. The average molecular weight is 453 g/mol. The fourth-order valence-corrected chi connectivity index (χ4v) is 5.48. The van der Waals surface area contributed by atoms with E-state index in [1.165, 1.54) is 33.4 Å². The monoisotopic (exact) mass is 452 g/mol. The van der Waals surface area contributed by atoms with Gasteiger partial charge in [-0.2, -0.15) is 0 Å². The molecule has 0 atom stereocenters. The summed E-state index contributed by atoms with van der Waals surface area (Å²) in [6.07, 6.45) is 8.06. The van der Waals surface area contributed by atoms with E-state index in [9.17, 15) is 0 Å². The Balaban J connectivity index is 1.52. The van der Waals surface area contributed by atoms with Crippen molar-refractivity contribution in [1.29, 1.82) is 0 Å². The van der Waals surface area contributed by atoms with E-state index in [-0.39, 0.29) is 5.41 Å². The molecule has 0 radical (unpaired) electrons. The second-order valence-electron chi connectivity index (χ2n) is 8.67. The summed E-state index contributed by atoms with van der Waals surface area (Å²) in [4.78, 5) is 0. The Morgan fingerprint density at radius 3 is 2.67 bits per heavy atom. The summed E-state index contributed by atoms with van der Waals surface area (Å²) in [5, 5.41) is 2.31. The molecule has 6 rings (SSSR count). The van der Waals surface area contributed by atoms with Gasteiger partial charge in [0.2, 0.25) is 0 Å². The van der Waals surface area contributed by atoms with Gasteiger partial charge in [-0.05, 0) is 80.0 Å². The first kappa shape index (κ1) is 18.0. The molecule has 0 aliphatic heterocycles. The zero-order valence-electron chi connectivity index (χ0n) is 17.0. The molecule has 0 spiro atoms. The summed E-state index contributed by atoms with van der Waals surface area (Å²) in [5.41, 5.74) is 9.96. The lowest BCUT2D eigenvalue weighted by Crippen LogP contribution is -2.15. The normalized spacial score (nSPS) is 17.2. The second-order valence-corrected chi connectivity index (χ2v) is 9.53. The van der Waals surface area contributed by atoms with E-state index in [1.54, 1.807) is 0 Å². The van der Waals surface area contributed by atoms with Gasteiger partial charge in [-0.25, -0.2) is 0 Å². The molecule has 0 N–H and O–H groups in total. The minimum absolute atomic E-state index is 0.00313. The molecule has 1 heterocycles. The molecule has 1 aromatic heterocycles. The van der Waals surface area contributed by atoms with Crippen LogP contribution in [0.3, 0.4) is 0 Å². The fourth-order valence-electron chi connectivity index (χ4n) is 5.03. The predicted octanol–water partition coefficient (Wildman–Crippen LogP) is 8.44. The van der Waals surface area contributed by atoms with E-state index in [2.05, 4.69) is 103 Å². The van der Waals surface area contributed by atoms with Crippen LogP contribution in [0, 0.1) is 0 Å². The molecule has 4 aromatic rings. The van der Waals surface area contributed by atoms with Crippen LogP contribution in [0.2, 0.25) is 0 Å². The fraction of sp³-hybridized carbons (Fsp3) is 0.143. The van der Waals surface area contributed by atoms with Crippen LogP contribution >= 0.6 is 15.9 Å². The van der Waals surface area contributed by atoms with Crippen molar-refractivity contribution in [3.05, 3.63) is 106 Å². The standard InChI is InChI=1S/C28H21BrO/c1-28(2)23-11-4-3-8-19(23)20-9-5-7-17(16-24(20)28)18-13-14-26-22(15-18)21-10-6-12-25(29)27(21)30-26/h3-4,6-16H,5H2,1-2H3. The third kappa shape index (κ3) is 2.47. The summed E-state index contributed by atoms with van der Waals surface area (Å²) >= 11 is 3.62. The number of rotatable bonds is 1. The molecule has 0 saturated heterocycles. The van der Waals surface area contributed by atoms with Gasteiger partial charge in [0.15, 0.2) is 0 Å². The maximum absolute atomic E-state index is 6.10. The number of fused-ring (bicyclic) bond motifs is 6. The zero-order chi connectivity index (χ0) is 20.5. The largest absolute Gasteiger partial charge is 0.455 e. The first-order chi connectivity index (χ1) is 14.5. The molecule has 3 aromatic carbocycles. The van der Waals surface area contributed by atoms with Gasteiger partial charge < -0.3 is 4.42 Å².